The maximum atomic E-state index is 13.5. The van der Waals surface area contributed by atoms with E-state index in [0.717, 1.165) is 48.5 Å². The maximum absolute atomic E-state index is 13.5. The highest BCUT2D eigenvalue weighted by molar-refractivity contribution is 5.43. The van der Waals surface area contributed by atoms with Crippen LogP contribution in [0.3, 0.4) is 0 Å². The highest BCUT2D eigenvalue weighted by Crippen LogP contribution is 2.55. The third kappa shape index (κ3) is 3.72. The van der Waals surface area contributed by atoms with Crippen LogP contribution in [-0.4, -0.2) is 26.4 Å². The summed E-state index contributed by atoms with van der Waals surface area (Å²) >= 11 is 0. The van der Waals surface area contributed by atoms with E-state index < -0.39 is 28.9 Å². The molecule has 0 atom stereocenters. The first-order valence-corrected chi connectivity index (χ1v) is 6.96. The highest BCUT2D eigenvalue weighted by atomic mass is 19.4. The Morgan fingerprint density at radius 3 is 1.04 bits per heavy atom. The second-order valence-electron chi connectivity index (χ2n) is 4.98. The van der Waals surface area contributed by atoms with Gasteiger partial charge in [-0.05, 0) is 25.2 Å². The van der Waals surface area contributed by atoms with E-state index >= 15 is 0 Å². The quantitative estimate of drug-likeness (QED) is 0.758. The fraction of sp³-hybridized carbons (Fsp3) is 0.294. The fourth-order valence-electron chi connectivity index (χ4n) is 2.36. The summed E-state index contributed by atoms with van der Waals surface area (Å²) in [7, 11) is 3.75. The topological polar surface area (TPSA) is 12.0 Å². The molecule has 0 bridgehead atoms. The minimum atomic E-state index is -5.52. The van der Waals surface area contributed by atoms with Gasteiger partial charge in [-0.3, -0.25) is 0 Å². The Morgan fingerprint density at radius 2 is 0.833 bits per heavy atom. The summed E-state index contributed by atoms with van der Waals surface area (Å²) < 4.78 is 81.1. The predicted molar refractivity (Wildman–Crippen MR) is 80.8 cm³/mol. The Kier molecular flexibility index (Phi) is 6.42. The van der Waals surface area contributed by atoms with Gasteiger partial charge < -0.3 is 5.32 Å². The van der Waals surface area contributed by atoms with Gasteiger partial charge in [-0.15, -0.1) is 0 Å². The first kappa shape index (κ1) is 20.0. The molecule has 0 spiro atoms. The van der Waals surface area contributed by atoms with Gasteiger partial charge >= 0.3 is 12.4 Å². The standard InChI is InChI=1S/C15H10F6.C2H7N/c16-14(17,18)13(15(19,20)21,11-7-3-1-4-8-11)12-9-5-2-6-10-12;1-3-2/h1-10H;3H,1-2H3. The number of rotatable bonds is 2. The van der Waals surface area contributed by atoms with E-state index in [9.17, 15) is 26.3 Å². The van der Waals surface area contributed by atoms with Gasteiger partial charge in [-0.1, -0.05) is 60.7 Å². The molecule has 0 heterocycles. The number of nitrogens with one attached hydrogen (secondary N) is 1. The molecule has 0 saturated heterocycles. The molecule has 0 radical (unpaired) electrons. The molecule has 0 saturated carbocycles. The second kappa shape index (κ2) is 7.70. The van der Waals surface area contributed by atoms with Crippen molar-refractivity contribution < 1.29 is 26.3 Å². The molecule has 0 unspecified atom stereocenters. The van der Waals surface area contributed by atoms with E-state index in [2.05, 4.69) is 5.32 Å². The molecular weight excluding hydrogens is 332 g/mol. The van der Waals surface area contributed by atoms with Crippen LogP contribution in [-0.2, 0) is 5.41 Å². The van der Waals surface area contributed by atoms with Crippen LogP contribution in [0.4, 0.5) is 26.3 Å². The molecule has 0 fully saturated rings. The molecule has 1 nitrogen and oxygen atoms in total. The summed E-state index contributed by atoms with van der Waals surface area (Å²) in [6, 6.07) is 10.7. The van der Waals surface area contributed by atoms with Crippen LogP contribution in [0.25, 0.3) is 0 Å². The van der Waals surface area contributed by atoms with Crippen molar-refractivity contribution in [3.8, 4) is 0 Å². The zero-order chi connectivity index (χ0) is 18.4. The maximum Gasteiger partial charge on any atom is 0.411 e. The van der Waals surface area contributed by atoms with Crippen molar-refractivity contribution in [2.24, 2.45) is 0 Å². The van der Waals surface area contributed by atoms with E-state index in [-0.39, 0.29) is 0 Å². The molecule has 0 amide bonds. The van der Waals surface area contributed by atoms with Crippen molar-refractivity contribution in [1.82, 2.24) is 5.32 Å². The molecule has 1 N–H and O–H groups in total. The van der Waals surface area contributed by atoms with Gasteiger partial charge in [0.15, 0.2) is 0 Å². The first-order valence-electron chi connectivity index (χ1n) is 6.96. The number of hydrogen-bond acceptors (Lipinski definition) is 1. The van der Waals surface area contributed by atoms with E-state index in [1.165, 1.54) is 12.1 Å². The van der Waals surface area contributed by atoms with E-state index in [1.807, 2.05) is 14.1 Å². The van der Waals surface area contributed by atoms with E-state index in [1.54, 1.807) is 0 Å². The third-order valence-electron chi connectivity index (χ3n) is 3.26. The fourth-order valence-corrected chi connectivity index (χ4v) is 2.36. The lowest BCUT2D eigenvalue weighted by Crippen LogP contribution is -2.54. The van der Waals surface area contributed by atoms with Crippen molar-refractivity contribution in [2.45, 2.75) is 17.8 Å². The second-order valence-corrected chi connectivity index (χ2v) is 4.98. The summed E-state index contributed by atoms with van der Waals surface area (Å²) in [5.74, 6) is 0. The smallest absolute Gasteiger partial charge is 0.323 e. The number of alkyl halides is 6. The van der Waals surface area contributed by atoms with Crippen LogP contribution in [0.2, 0.25) is 0 Å². The highest BCUT2D eigenvalue weighted by Gasteiger charge is 2.72. The predicted octanol–water partition coefficient (Wildman–Crippen LogP) is 4.93. The number of hydrogen-bond donors (Lipinski definition) is 1. The normalized spacial score (nSPS) is 12.3. The average molecular weight is 349 g/mol. The van der Waals surface area contributed by atoms with Gasteiger partial charge in [0.1, 0.15) is 0 Å². The lowest BCUT2D eigenvalue weighted by molar-refractivity contribution is -0.288. The van der Waals surface area contributed by atoms with Crippen molar-refractivity contribution in [3.63, 3.8) is 0 Å². The molecule has 0 aliphatic carbocycles. The van der Waals surface area contributed by atoms with E-state index in [0.29, 0.717) is 0 Å². The van der Waals surface area contributed by atoms with Gasteiger partial charge in [-0.25, -0.2) is 0 Å². The molecule has 7 heteroatoms. The van der Waals surface area contributed by atoms with Crippen LogP contribution in [0.5, 0.6) is 0 Å². The molecule has 24 heavy (non-hydrogen) atoms. The lowest BCUT2D eigenvalue weighted by atomic mass is 9.73. The minimum absolute atomic E-state index is 0.841. The van der Waals surface area contributed by atoms with Crippen LogP contribution in [0, 0.1) is 0 Å². The number of benzene rings is 2. The Labute approximate surface area is 136 Å². The zero-order valence-electron chi connectivity index (χ0n) is 13.0. The summed E-state index contributed by atoms with van der Waals surface area (Å²) in [5.41, 5.74) is -5.74. The molecule has 0 aliphatic rings. The van der Waals surface area contributed by atoms with Crippen LogP contribution in [0.15, 0.2) is 60.7 Å². The molecule has 2 rings (SSSR count). The van der Waals surface area contributed by atoms with E-state index in [4.69, 9.17) is 0 Å². The van der Waals surface area contributed by atoms with Crippen molar-refractivity contribution in [2.75, 3.05) is 14.1 Å². The average Bonchev–Trinajstić information content (AvgIpc) is 2.48. The summed E-state index contributed by atoms with van der Waals surface area (Å²) in [6.07, 6.45) is -11.0. The third-order valence-corrected chi connectivity index (χ3v) is 3.26. The Balaban J connectivity index is 0.000000891. The molecule has 2 aromatic rings. The van der Waals surface area contributed by atoms with Gasteiger partial charge in [0.05, 0.1) is 0 Å². The SMILES string of the molecule is CNC.FC(F)(F)C(c1ccccc1)(c1ccccc1)C(F)(F)F. The minimum Gasteiger partial charge on any atom is -0.323 e. The van der Waals surface area contributed by atoms with Crippen LogP contribution >= 0.6 is 0 Å². The molecule has 0 aliphatic heterocycles. The monoisotopic (exact) mass is 349 g/mol. The Bertz CT molecular complexity index is 549. The molecular formula is C17H17F6N. The summed E-state index contributed by atoms with van der Waals surface area (Å²) in [6.45, 7) is 0. The largest absolute Gasteiger partial charge is 0.411 e. The molecule has 132 valence electrons. The molecule has 0 aromatic heterocycles. The van der Waals surface area contributed by atoms with Crippen LogP contribution < -0.4 is 5.32 Å². The Morgan fingerprint density at radius 1 is 0.583 bits per heavy atom. The van der Waals surface area contributed by atoms with Crippen molar-refractivity contribution in [1.29, 1.82) is 0 Å². The summed E-state index contributed by atoms with van der Waals surface area (Å²) in [4.78, 5) is 0. The van der Waals surface area contributed by atoms with Crippen molar-refractivity contribution in [3.05, 3.63) is 71.8 Å². The van der Waals surface area contributed by atoms with Gasteiger partial charge in [0.25, 0.3) is 0 Å². The summed E-state index contributed by atoms with van der Waals surface area (Å²) in [5, 5.41) is 2.75. The van der Waals surface area contributed by atoms with Crippen LogP contribution in [0.1, 0.15) is 11.1 Å². The number of halogens is 6. The molecule has 2 aromatic carbocycles. The Hall–Kier alpha value is -2.02. The van der Waals surface area contributed by atoms with Crippen molar-refractivity contribution >= 4 is 0 Å². The first-order chi connectivity index (χ1) is 11.1. The van der Waals surface area contributed by atoms with Gasteiger partial charge in [0, 0.05) is 0 Å². The van der Waals surface area contributed by atoms with Gasteiger partial charge in [-0.2, -0.15) is 26.3 Å². The lowest BCUT2D eigenvalue weighted by Gasteiger charge is -2.38. The zero-order valence-corrected chi connectivity index (χ0v) is 13.0. The van der Waals surface area contributed by atoms with Gasteiger partial charge in [0.2, 0.25) is 5.41 Å².